The number of ether oxygens (including phenoxy) is 1. The molecule has 5 rings (SSSR count). The molecule has 1 N–H and O–H groups in total. The molecular weight excluding hydrogens is 534 g/mol. The third kappa shape index (κ3) is 5.96. The van der Waals surface area contributed by atoms with Crippen molar-refractivity contribution in [3.8, 4) is 11.8 Å². The van der Waals surface area contributed by atoms with Crippen molar-refractivity contribution in [1.29, 1.82) is 0 Å². The summed E-state index contributed by atoms with van der Waals surface area (Å²) in [4.78, 5) is 45.0. The maximum Gasteiger partial charge on any atom is 0.318 e. The Labute approximate surface area is 246 Å². The number of rotatable bonds is 8. The zero-order valence-corrected chi connectivity index (χ0v) is 24.8. The van der Waals surface area contributed by atoms with Gasteiger partial charge in [-0.25, -0.2) is 0 Å². The first-order valence-electron chi connectivity index (χ1n) is 14.2. The molecule has 2 aromatic carbocycles. The number of aromatic hydroxyl groups is 1. The predicted molar refractivity (Wildman–Crippen MR) is 163 cm³/mol. The van der Waals surface area contributed by atoms with Crippen LogP contribution in [0.3, 0.4) is 0 Å². The molecule has 0 bridgehead atoms. The molecule has 1 saturated heterocycles. The lowest BCUT2D eigenvalue weighted by Crippen LogP contribution is -2.60. The third-order valence-electron chi connectivity index (χ3n) is 7.82. The van der Waals surface area contributed by atoms with Gasteiger partial charge >= 0.3 is 6.01 Å². The van der Waals surface area contributed by atoms with Crippen LogP contribution in [0.5, 0.6) is 11.8 Å². The second-order valence-electron chi connectivity index (χ2n) is 11.2. The molecular formula is C31H39N7O4. The Morgan fingerprint density at radius 3 is 2.62 bits per heavy atom. The highest BCUT2D eigenvalue weighted by Crippen LogP contribution is 2.36. The van der Waals surface area contributed by atoms with Crippen LogP contribution < -0.4 is 14.5 Å². The van der Waals surface area contributed by atoms with Crippen molar-refractivity contribution in [1.82, 2.24) is 24.7 Å². The van der Waals surface area contributed by atoms with Crippen LogP contribution in [0.25, 0.3) is 10.8 Å². The van der Waals surface area contributed by atoms with Crippen LogP contribution in [0.15, 0.2) is 49.1 Å². The summed E-state index contributed by atoms with van der Waals surface area (Å²) in [6.45, 7) is 7.16. The topological polar surface area (TPSA) is 106 Å². The monoisotopic (exact) mass is 573 g/mol. The smallest absolute Gasteiger partial charge is 0.318 e. The lowest BCUT2D eigenvalue weighted by atomic mass is 10.0. The average Bonchev–Trinajstić information content (AvgIpc) is 2.98. The van der Waals surface area contributed by atoms with Gasteiger partial charge in [-0.1, -0.05) is 30.8 Å². The number of anilines is 2. The molecule has 2 aliphatic rings. The number of carbonyl (C=O) groups excluding carboxylic acids is 2. The van der Waals surface area contributed by atoms with Gasteiger partial charge in [-0.15, -0.1) is 0 Å². The van der Waals surface area contributed by atoms with E-state index in [1.54, 1.807) is 31.1 Å². The maximum absolute atomic E-state index is 13.2. The highest BCUT2D eigenvalue weighted by atomic mass is 16.5. The molecule has 3 aromatic rings. The van der Waals surface area contributed by atoms with Crippen LogP contribution in [0.4, 0.5) is 11.5 Å². The lowest BCUT2D eigenvalue weighted by Gasteiger charge is -2.42. The minimum absolute atomic E-state index is 0.151. The summed E-state index contributed by atoms with van der Waals surface area (Å²) in [5.74, 6) is 0.542. The van der Waals surface area contributed by atoms with E-state index < -0.39 is 6.04 Å². The van der Waals surface area contributed by atoms with Crippen LogP contribution in [0, 0.1) is 0 Å². The largest absolute Gasteiger partial charge is 0.508 e. The molecule has 11 nitrogen and oxygen atoms in total. The zero-order valence-electron chi connectivity index (χ0n) is 24.8. The van der Waals surface area contributed by atoms with Gasteiger partial charge in [-0.3, -0.25) is 9.59 Å². The molecule has 1 fully saturated rings. The first-order chi connectivity index (χ1) is 20.2. The summed E-state index contributed by atoms with van der Waals surface area (Å²) < 4.78 is 6.03. The Morgan fingerprint density at radius 1 is 1.10 bits per heavy atom. The number of hydrogen-bond donors (Lipinski definition) is 1. The van der Waals surface area contributed by atoms with Gasteiger partial charge < -0.3 is 34.3 Å². The molecule has 42 heavy (non-hydrogen) atoms. The van der Waals surface area contributed by atoms with E-state index in [1.807, 2.05) is 37.2 Å². The highest BCUT2D eigenvalue weighted by molar-refractivity contribution is 5.96. The molecule has 11 heteroatoms. The summed E-state index contributed by atoms with van der Waals surface area (Å²) in [6, 6.07) is 11.2. The fraction of sp³-hybridized carbons (Fsp3) is 0.419. The summed E-state index contributed by atoms with van der Waals surface area (Å²) in [6.07, 6.45) is 1.93. The Bertz CT molecular complexity index is 1490. The van der Waals surface area contributed by atoms with E-state index in [0.717, 1.165) is 33.5 Å². The SMILES string of the molecule is C=CC(=O)N1CCN(c2nc(OCCN(C)C)nc3c2CCN(c2cc(O)cc4ccccc24)C3)CC1C(=O)N(C)C. The van der Waals surface area contributed by atoms with Gasteiger partial charge in [-0.05, 0) is 38.0 Å². The fourth-order valence-electron chi connectivity index (χ4n) is 5.64. The van der Waals surface area contributed by atoms with Gasteiger partial charge in [0.2, 0.25) is 11.8 Å². The van der Waals surface area contributed by atoms with Crippen LogP contribution in [-0.2, 0) is 22.6 Å². The van der Waals surface area contributed by atoms with Gasteiger partial charge in [0.05, 0.1) is 12.2 Å². The second kappa shape index (κ2) is 12.2. The van der Waals surface area contributed by atoms with Gasteiger partial charge in [0.15, 0.2) is 0 Å². The quantitative estimate of drug-likeness (QED) is 0.406. The number of amides is 2. The maximum atomic E-state index is 13.2. The molecule has 0 saturated carbocycles. The lowest BCUT2D eigenvalue weighted by molar-refractivity contribution is -0.142. The van der Waals surface area contributed by atoms with Gasteiger partial charge in [0.25, 0.3) is 0 Å². The predicted octanol–water partition coefficient (Wildman–Crippen LogP) is 2.13. The van der Waals surface area contributed by atoms with Crippen molar-refractivity contribution < 1.29 is 19.4 Å². The Morgan fingerprint density at radius 2 is 1.88 bits per heavy atom. The number of likely N-dealkylation sites (N-methyl/N-ethyl adjacent to an activating group) is 2. The Kier molecular flexibility index (Phi) is 8.49. The van der Waals surface area contributed by atoms with Crippen LogP contribution in [-0.4, -0.2) is 115 Å². The number of phenols is 1. The van der Waals surface area contributed by atoms with Crippen LogP contribution >= 0.6 is 0 Å². The van der Waals surface area contributed by atoms with Gasteiger partial charge in [0, 0.05) is 69.5 Å². The summed E-state index contributed by atoms with van der Waals surface area (Å²) >= 11 is 0. The van der Waals surface area contributed by atoms with E-state index in [2.05, 4.69) is 22.4 Å². The summed E-state index contributed by atoms with van der Waals surface area (Å²) in [5, 5.41) is 12.5. The molecule has 2 amide bonds. The van der Waals surface area contributed by atoms with E-state index in [4.69, 9.17) is 14.7 Å². The molecule has 0 aliphatic carbocycles. The highest BCUT2D eigenvalue weighted by Gasteiger charge is 2.37. The molecule has 1 aromatic heterocycles. The number of phenolic OH excluding ortho intramolecular Hbond substituents is 1. The number of piperazine rings is 1. The van der Waals surface area contributed by atoms with Crippen molar-refractivity contribution in [2.75, 3.05) is 77.3 Å². The van der Waals surface area contributed by atoms with Crippen molar-refractivity contribution in [2.24, 2.45) is 0 Å². The number of benzene rings is 2. The third-order valence-corrected chi connectivity index (χ3v) is 7.82. The van der Waals surface area contributed by atoms with E-state index in [-0.39, 0.29) is 23.6 Å². The zero-order chi connectivity index (χ0) is 30.0. The number of fused-ring (bicyclic) bond motifs is 2. The molecule has 1 atom stereocenters. The minimum atomic E-state index is -0.665. The minimum Gasteiger partial charge on any atom is -0.508 e. The Balaban J connectivity index is 1.51. The van der Waals surface area contributed by atoms with Crippen molar-refractivity contribution in [2.45, 2.75) is 19.0 Å². The fourth-order valence-corrected chi connectivity index (χ4v) is 5.64. The molecule has 0 radical (unpaired) electrons. The summed E-state index contributed by atoms with van der Waals surface area (Å²) in [5.41, 5.74) is 2.80. The second-order valence-corrected chi connectivity index (χ2v) is 11.2. The summed E-state index contributed by atoms with van der Waals surface area (Å²) in [7, 11) is 7.35. The van der Waals surface area contributed by atoms with Crippen molar-refractivity contribution >= 4 is 34.1 Å². The first-order valence-corrected chi connectivity index (χ1v) is 14.2. The molecule has 0 spiro atoms. The molecule has 1 unspecified atom stereocenters. The van der Waals surface area contributed by atoms with E-state index >= 15 is 0 Å². The average molecular weight is 574 g/mol. The van der Waals surface area contributed by atoms with E-state index in [0.29, 0.717) is 52.3 Å². The van der Waals surface area contributed by atoms with Gasteiger partial charge in [-0.2, -0.15) is 9.97 Å². The standard InChI is InChI=1S/C31H39N7O4/c1-6-28(40)38-14-13-37(20-27(38)30(41)35(4)5)29-24-11-12-36(19-25(24)32-31(33-29)42-16-15-34(2)3)26-18-22(39)17-21-9-7-8-10-23(21)26/h6-10,17-18,27,39H,1,11-16,19-20H2,2-5H3. The van der Waals surface area contributed by atoms with Crippen LogP contribution in [0.1, 0.15) is 11.3 Å². The van der Waals surface area contributed by atoms with Gasteiger partial charge in [0.1, 0.15) is 24.2 Å². The van der Waals surface area contributed by atoms with Crippen LogP contribution in [0.2, 0.25) is 0 Å². The van der Waals surface area contributed by atoms with E-state index in [1.165, 1.54) is 11.0 Å². The number of aromatic nitrogens is 2. The Hall–Kier alpha value is -4.38. The van der Waals surface area contributed by atoms with Crippen molar-refractivity contribution in [3.63, 3.8) is 0 Å². The normalized spacial score (nSPS) is 16.9. The number of nitrogens with zero attached hydrogens (tertiary/aromatic N) is 7. The first kappa shape index (κ1) is 29.1. The van der Waals surface area contributed by atoms with E-state index in [9.17, 15) is 14.7 Å². The molecule has 2 aliphatic heterocycles. The molecule has 3 heterocycles. The number of hydrogen-bond acceptors (Lipinski definition) is 9. The molecule has 222 valence electrons. The van der Waals surface area contributed by atoms with Crippen molar-refractivity contribution in [3.05, 3.63) is 60.3 Å². The number of carbonyl (C=O) groups is 2.